The van der Waals surface area contributed by atoms with Gasteiger partial charge in [0, 0.05) is 29.6 Å². The van der Waals surface area contributed by atoms with Gasteiger partial charge in [0.15, 0.2) is 12.6 Å². The standard InChI is InChI=1S/C35H49N5O12/c1-16(43)25(13-39-33(48)19-11-23(17-7-3-2-4-8-17)40-22-10-6-5-9-18(19)22)49-34(24(44)14-41)51-31-20(36)12-21(37)32(30(31)47)52-35-29(46)27(38)28(45)26(15-42)50-35/h2-11,16,20-21,24-32,34-35,41-47H,12-15,36-38H2,1H3,(H,39,48)/t16-,20?,21-,24-,25?,26?,27?,28?,29?,30?,31?,32?,34?,35?/m0/s1. The second-order valence-electron chi connectivity index (χ2n) is 13.2. The van der Waals surface area contributed by atoms with Crippen LogP contribution in [0.3, 0.4) is 0 Å². The maximum absolute atomic E-state index is 13.6. The number of hydrogen-bond donors (Lipinski definition) is 11. The first-order valence-electron chi connectivity index (χ1n) is 17.1. The third-order valence-corrected chi connectivity index (χ3v) is 9.42. The van der Waals surface area contributed by atoms with Crippen molar-refractivity contribution in [3.8, 4) is 11.3 Å². The number of hydrogen-bond acceptors (Lipinski definition) is 16. The van der Waals surface area contributed by atoms with Crippen LogP contribution in [0.5, 0.6) is 0 Å². The molecule has 3 aromatic rings. The molecule has 11 unspecified atom stereocenters. The average Bonchev–Trinajstić information content (AvgIpc) is 3.14. The molecule has 1 saturated heterocycles. The summed E-state index contributed by atoms with van der Waals surface area (Å²) in [4.78, 5) is 18.3. The number of rotatable bonds is 14. The van der Waals surface area contributed by atoms with Crippen LogP contribution in [0, 0.1) is 0 Å². The number of nitrogens with two attached hydrogens (primary N) is 3. The molecule has 5 rings (SSSR count). The highest BCUT2D eigenvalue weighted by Gasteiger charge is 2.49. The summed E-state index contributed by atoms with van der Waals surface area (Å²) in [5, 5.41) is 76.3. The molecule has 0 bridgehead atoms. The van der Waals surface area contributed by atoms with E-state index in [2.05, 4.69) is 5.32 Å². The summed E-state index contributed by atoms with van der Waals surface area (Å²) in [5.41, 5.74) is 20.8. The molecule has 286 valence electrons. The van der Waals surface area contributed by atoms with Gasteiger partial charge in [0.2, 0.25) is 0 Å². The SMILES string of the molecule is C[C@H](O)C(CNC(=O)c1cc(-c2ccccc2)nc2ccccc12)OC(OC1C(N)C[C@H](N)C(OC2OC(CO)C(O)C(N)C2O)C1O)[C@@H](O)CO. The number of aromatic nitrogens is 1. The van der Waals surface area contributed by atoms with Crippen molar-refractivity contribution >= 4 is 16.8 Å². The third-order valence-electron chi connectivity index (χ3n) is 9.42. The number of amides is 1. The summed E-state index contributed by atoms with van der Waals surface area (Å²) >= 11 is 0. The molecular formula is C35H49N5O12. The van der Waals surface area contributed by atoms with Crippen molar-refractivity contribution < 1.29 is 59.5 Å². The Bertz CT molecular complexity index is 1610. The molecule has 14 atom stereocenters. The summed E-state index contributed by atoms with van der Waals surface area (Å²) < 4.78 is 23.2. The molecule has 2 heterocycles. The lowest BCUT2D eigenvalue weighted by Gasteiger charge is -2.47. The molecule has 52 heavy (non-hydrogen) atoms. The second-order valence-corrected chi connectivity index (χ2v) is 13.2. The molecule has 1 aliphatic carbocycles. The molecule has 0 radical (unpaired) electrons. The van der Waals surface area contributed by atoms with Crippen molar-refractivity contribution in [1.29, 1.82) is 0 Å². The first kappa shape index (κ1) is 40.0. The van der Waals surface area contributed by atoms with E-state index in [0.717, 1.165) is 5.56 Å². The quantitative estimate of drug-likeness (QED) is 0.0738. The fraction of sp³-hybridized carbons (Fsp3) is 0.543. The van der Waals surface area contributed by atoms with E-state index in [1.54, 1.807) is 24.3 Å². The van der Waals surface area contributed by atoms with Crippen LogP contribution < -0.4 is 22.5 Å². The number of pyridine rings is 1. The number of fused-ring (bicyclic) bond motifs is 1. The van der Waals surface area contributed by atoms with Crippen LogP contribution in [-0.2, 0) is 18.9 Å². The molecular weight excluding hydrogens is 682 g/mol. The van der Waals surface area contributed by atoms with Gasteiger partial charge < -0.3 is 77.2 Å². The van der Waals surface area contributed by atoms with Crippen molar-refractivity contribution in [3.05, 3.63) is 66.2 Å². The summed E-state index contributed by atoms with van der Waals surface area (Å²) in [6.07, 6.45) is -15.7. The summed E-state index contributed by atoms with van der Waals surface area (Å²) in [5.74, 6) is -0.494. The fourth-order valence-electron chi connectivity index (χ4n) is 6.39. The fourth-order valence-corrected chi connectivity index (χ4v) is 6.39. The lowest BCUT2D eigenvalue weighted by molar-refractivity contribution is -0.316. The number of nitrogens with one attached hydrogen (secondary N) is 1. The second kappa shape index (κ2) is 17.7. The van der Waals surface area contributed by atoms with Crippen LogP contribution in [0.15, 0.2) is 60.7 Å². The number of aliphatic hydroxyl groups excluding tert-OH is 7. The molecule has 17 nitrogen and oxygen atoms in total. The van der Waals surface area contributed by atoms with Gasteiger partial charge in [0.05, 0.1) is 42.1 Å². The van der Waals surface area contributed by atoms with Crippen LogP contribution in [0.1, 0.15) is 23.7 Å². The monoisotopic (exact) mass is 731 g/mol. The van der Waals surface area contributed by atoms with Crippen LogP contribution in [-0.4, -0.2) is 152 Å². The van der Waals surface area contributed by atoms with E-state index >= 15 is 0 Å². The van der Waals surface area contributed by atoms with Gasteiger partial charge in [0.25, 0.3) is 5.91 Å². The first-order chi connectivity index (χ1) is 24.8. The highest BCUT2D eigenvalue weighted by Crippen LogP contribution is 2.30. The minimum absolute atomic E-state index is 0.00992. The van der Waals surface area contributed by atoms with Crippen LogP contribution in [0.25, 0.3) is 22.2 Å². The largest absolute Gasteiger partial charge is 0.394 e. The number of carbonyl (C=O) groups excluding carboxylic acids is 1. The molecule has 1 aromatic heterocycles. The zero-order valence-electron chi connectivity index (χ0n) is 28.5. The number of nitrogens with zero attached hydrogens (tertiary/aromatic N) is 1. The Hall–Kier alpha value is -3.24. The summed E-state index contributed by atoms with van der Waals surface area (Å²) in [6.45, 7) is -0.350. The zero-order valence-corrected chi connectivity index (χ0v) is 28.5. The number of ether oxygens (including phenoxy) is 4. The van der Waals surface area contributed by atoms with Crippen molar-refractivity contribution in [2.45, 2.75) is 99.0 Å². The Balaban J connectivity index is 1.30. The Morgan fingerprint density at radius 3 is 2.31 bits per heavy atom. The molecule has 1 saturated carbocycles. The molecule has 2 fully saturated rings. The van der Waals surface area contributed by atoms with E-state index in [1.807, 2.05) is 36.4 Å². The predicted octanol–water partition coefficient (Wildman–Crippen LogP) is -2.97. The molecule has 2 aromatic carbocycles. The number of carbonyl (C=O) groups is 1. The number of benzene rings is 2. The minimum Gasteiger partial charge on any atom is -0.394 e. The normalized spacial score (nSPS) is 31.8. The van der Waals surface area contributed by atoms with Crippen LogP contribution in [0.4, 0.5) is 0 Å². The predicted molar refractivity (Wildman–Crippen MR) is 185 cm³/mol. The lowest BCUT2D eigenvalue weighted by Crippen LogP contribution is -2.67. The smallest absolute Gasteiger partial charge is 0.252 e. The molecule has 17 heteroatoms. The van der Waals surface area contributed by atoms with E-state index in [9.17, 15) is 40.5 Å². The summed E-state index contributed by atoms with van der Waals surface area (Å²) in [7, 11) is 0. The van der Waals surface area contributed by atoms with E-state index in [4.69, 9.17) is 41.1 Å². The van der Waals surface area contributed by atoms with Crippen molar-refractivity contribution in [2.75, 3.05) is 19.8 Å². The van der Waals surface area contributed by atoms with Crippen LogP contribution in [0.2, 0.25) is 0 Å². The van der Waals surface area contributed by atoms with Crippen molar-refractivity contribution in [1.82, 2.24) is 10.3 Å². The minimum atomic E-state index is -1.70. The molecule has 14 N–H and O–H groups in total. The highest BCUT2D eigenvalue weighted by molar-refractivity contribution is 6.07. The third kappa shape index (κ3) is 8.92. The van der Waals surface area contributed by atoms with Gasteiger partial charge >= 0.3 is 0 Å². The van der Waals surface area contributed by atoms with E-state index in [0.29, 0.717) is 22.2 Å². The van der Waals surface area contributed by atoms with Crippen molar-refractivity contribution in [3.63, 3.8) is 0 Å². The maximum Gasteiger partial charge on any atom is 0.252 e. The Labute approximate surface area is 299 Å². The Morgan fingerprint density at radius 2 is 1.63 bits per heavy atom. The van der Waals surface area contributed by atoms with E-state index in [-0.39, 0.29) is 13.0 Å². The van der Waals surface area contributed by atoms with Crippen molar-refractivity contribution in [2.24, 2.45) is 17.2 Å². The van der Waals surface area contributed by atoms with E-state index in [1.165, 1.54) is 6.92 Å². The van der Waals surface area contributed by atoms with Gasteiger partial charge in [0.1, 0.15) is 48.8 Å². The zero-order chi connectivity index (χ0) is 37.7. The van der Waals surface area contributed by atoms with Crippen LogP contribution >= 0.6 is 0 Å². The van der Waals surface area contributed by atoms with Gasteiger partial charge in [-0.2, -0.15) is 0 Å². The number of aliphatic hydroxyl groups is 7. The highest BCUT2D eigenvalue weighted by atomic mass is 16.7. The summed E-state index contributed by atoms with van der Waals surface area (Å²) in [6, 6.07) is 15.1. The van der Waals surface area contributed by atoms with E-state index < -0.39 is 105 Å². The molecule has 0 spiro atoms. The molecule has 1 amide bonds. The van der Waals surface area contributed by atoms with Gasteiger partial charge in [-0.1, -0.05) is 48.5 Å². The Kier molecular flexibility index (Phi) is 13.6. The molecule has 1 aliphatic heterocycles. The number of para-hydroxylation sites is 1. The van der Waals surface area contributed by atoms with Gasteiger partial charge in [-0.3, -0.25) is 4.79 Å². The molecule has 2 aliphatic rings. The average molecular weight is 732 g/mol. The lowest BCUT2D eigenvalue weighted by atomic mass is 9.84. The Morgan fingerprint density at radius 1 is 0.962 bits per heavy atom. The van der Waals surface area contributed by atoms with Gasteiger partial charge in [-0.05, 0) is 25.5 Å². The topological polar surface area (TPSA) is 299 Å². The van der Waals surface area contributed by atoms with Gasteiger partial charge in [-0.25, -0.2) is 4.98 Å². The first-order valence-corrected chi connectivity index (χ1v) is 17.1. The van der Waals surface area contributed by atoms with Gasteiger partial charge in [-0.15, -0.1) is 0 Å². The maximum atomic E-state index is 13.6.